The van der Waals surface area contributed by atoms with E-state index in [9.17, 15) is 18.0 Å². The fourth-order valence-electron chi connectivity index (χ4n) is 3.44. The first-order valence-electron chi connectivity index (χ1n) is 10.4. The Morgan fingerprint density at radius 3 is 2.29 bits per heavy atom. The SMILES string of the molecule is COC(=O)c1cc2cc(NC(=O)[C@H](Cc3ccccc3)NS(=O)(=O)c3ccccc3)ccc2s1. The molecule has 7 nitrogen and oxygen atoms in total. The van der Waals surface area contributed by atoms with Crippen molar-refractivity contribution in [2.24, 2.45) is 0 Å². The maximum Gasteiger partial charge on any atom is 0.348 e. The molecular weight excluding hydrogens is 472 g/mol. The van der Waals surface area contributed by atoms with Crippen LogP contribution in [0.1, 0.15) is 15.2 Å². The molecule has 1 heterocycles. The van der Waals surface area contributed by atoms with Gasteiger partial charge in [0.05, 0.1) is 12.0 Å². The van der Waals surface area contributed by atoms with E-state index < -0.39 is 27.9 Å². The van der Waals surface area contributed by atoms with Gasteiger partial charge < -0.3 is 10.1 Å². The van der Waals surface area contributed by atoms with Crippen molar-refractivity contribution in [1.82, 2.24) is 4.72 Å². The van der Waals surface area contributed by atoms with E-state index in [0.29, 0.717) is 10.6 Å². The second kappa shape index (κ2) is 10.2. The fourth-order valence-corrected chi connectivity index (χ4v) is 5.62. The monoisotopic (exact) mass is 494 g/mol. The molecule has 0 unspecified atom stereocenters. The summed E-state index contributed by atoms with van der Waals surface area (Å²) in [6.07, 6.45) is 0.173. The number of ether oxygens (including phenoxy) is 1. The van der Waals surface area contributed by atoms with Crippen molar-refractivity contribution in [3.05, 3.63) is 95.4 Å². The lowest BCUT2D eigenvalue weighted by Gasteiger charge is -2.19. The predicted molar refractivity (Wildman–Crippen MR) is 132 cm³/mol. The Kier molecular flexibility index (Phi) is 7.06. The van der Waals surface area contributed by atoms with Crippen LogP contribution in [0.2, 0.25) is 0 Å². The summed E-state index contributed by atoms with van der Waals surface area (Å²) >= 11 is 1.29. The molecule has 4 aromatic rings. The lowest BCUT2D eigenvalue weighted by atomic mass is 10.1. The minimum Gasteiger partial charge on any atom is -0.465 e. The molecule has 0 aliphatic heterocycles. The van der Waals surface area contributed by atoms with Gasteiger partial charge in [0.25, 0.3) is 0 Å². The van der Waals surface area contributed by atoms with Crippen molar-refractivity contribution in [2.75, 3.05) is 12.4 Å². The van der Waals surface area contributed by atoms with Crippen molar-refractivity contribution >= 4 is 49.0 Å². The zero-order valence-corrected chi connectivity index (χ0v) is 19.9. The lowest BCUT2D eigenvalue weighted by molar-refractivity contribution is -0.117. The summed E-state index contributed by atoms with van der Waals surface area (Å²) in [6.45, 7) is 0. The van der Waals surface area contributed by atoms with E-state index in [1.807, 2.05) is 30.3 Å². The molecule has 4 rings (SSSR count). The maximum atomic E-state index is 13.2. The molecule has 0 saturated carbocycles. The predicted octanol–water partition coefficient (Wildman–Crippen LogP) is 4.22. The topological polar surface area (TPSA) is 102 Å². The molecule has 1 atom stereocenters. The van der Waals surface area contributed by atoms with Crippen molar-refractivity contribution in [3.8, 4) is 0 Å². The van der Waals surface area contributed by atoms with Crippen LogP contribution in [0.3, 0.4) is 0 Å². The molecule has 0 fully saturated rings. The molecule has 3 aromatic carbocycles. The first-order valence-corrected chi connectivity index (χ1v) is 12.7. The van der Waals surface area contributed by atoms with Gasteiger partial charge in [0, 0.05) is 10.4 Å². The average molecular weight is 495 g/mol. The summed E-state index contributed by atoms with van der Waals surface area (Å²) in [7, 11) is -2.60. The number of esters is 1. The van der Waals surface area contributed by atoms with E-state index in [2.05, 4.69) is 10.0 Å². The Morgan fingerprint density at radius 2 is 1.62 bits per heavy atom. The number of carbonyl (C=O) groups excluding carboxylic acids is 2. The summed E-state index contributed by atoms with van der Waals surface area (Å²) in [6, 6.07) is 23.0. The molecule has 174 valence electrons. The first kappa shape index (κ1) is 23.6. The maximum absolute atomic E-state index is 13.2. The van der Waals surface area contributed by atoms with Gasteiger partial charge in [0.1, 0.15) is 10.9 Å². The number of nitrogens with one attached hydrogen (secondary N) is 2. The van der Waals surface area contributed by atoms with Gasteiger partial charge in [-0.3, -0.25) is 4.79 Å². The highest BCUT2D eigenvalue weighted by Crippen LogP contribution is 2.28. The minimum atomic E-state index is -3.92. The minimum absolute atomic E-state index is 0.0795. The smallest absolute Gasteiger partial charge is 0.348 e. The number of benzene rings is 3. The Bertz CT molecular complexity index is 1420. The first-order chi connectivity index (χ1) is 16.4. The lowest BCUT2D eigenvalue weighted by Crippen LogP contribution is -2.45. The van der Waals surface area contributed by atoms with Gasteiger partial charge >= 0.3 is 5.97 Å². The van der Waals surface area contributed by atoms with Gasteiger partial charge in [-0.2, -0.15) is 4.72 Å². The zero-order chi connectivity index (χ0) is 24.1. The molecule has 1 amide bonds. The van der Waals surface area contributed by atoms with E-state index >= 15 is 0 Å². The summed E-state index contributed by atoms with van der Waals surface area (Å²) in [5, 5.41) is 3.57. The summed E-state index contributed by atoms with van der Waals surface area (Å²) < 4.78 is 34.0. The molecule has 9 heteroatoms. The van der Waals surface area contributed by atoms with E-state index in [4.69, 9.17) is 4.74 Å². The van der Waals surface area contributed by atoms with Crippen LogP contribution >= 0.6 is 11.3 Å². The van der Waals surface area contributed by atoms with Gasteiger partial charge in [-0.15, -0.1) is 11.3 Å². The summed E-state index contributed by atoms with van der Waals surface area (Å²) in [5.74, 6) is -0.920. The second-order valence-electron chi connectivity index (χ2n) is 7.52. The molecule has 2 N–H and O–H groups in total. The van der Waals surface area contributed by atoms with E-state index in [1.54, 1.807) is 42.5 Å². The normalized spacial score (nSPS) is 12.3. The molecular formula is C25H22N2O5S2. The number of hydrogen-bond acceptors (Lipinski definition) is 6. The van der Waals surface area contributed by atoms with Crippen molar-refractivity contribution in [3.63, 3.8) is 0 Å². The van der Waals surface area contributed by atoms with Gasteiger partial charge in [-0.25, -0.2) is 13.2 Å². The highest BCUT2D eigenvalue weighted by atomic mass is 32.2. The fraction of sp³-hybridized carbons (Fsp3) is 0.120. The van der Waals surface area contributed by atoms with Crippen LogP contribution in [0.25, 0.3) is 10.1 Å². The zero-order valence-electron chi connectivity index (χ0n) is 18.2. The van der Waals surface area contributed by atoms with E-state index in [1.165, 1.54) is 30.6 Å². The number of hydrogen-bond donors (Lipinski definition) is 2. The second-order valence-corrected chi connectivity index (χ2v) is 10.3. The quantitative estimate of drug-likeness (QED) is 0.357. The number of anilines is 1. The molecule has 0 spiro atoms. The van der Waals surface area contributed by atoms with Crippen molar-refractivity contribution in [1.29, 1.82) is 0 Å². The number of fused-ring (bicyclic) bond motifs is 1. The molecule has 0 aliphatic carbocycles. The standard InChI is InChI=1S/C25H22N2O5S2/c1-32-25(29)23-16-18-15-19(12-13-22(18)33-23)26-24(28)21(14-17-8-4-2-5-9-17)27-34(30,31)20-10-6-3-7-11-20/h2-13,15-16,21,27H,14H2,1H3,(H,26,28)/t21-/m0/s1. The van der Waals surface area contributed by atoms with Crippen molar-refractivity contribution in [2.45, 2.75) is 17.4 Å². The Hall–Kier alpha value is -3.53. The third-order valence-corrected chi connectivity index (χ3v) is 7.70. The number of methoxy groups -OCH3 is 1. The van der Waals surface area contributed by atoms with Gasteiger partial charge in [0.15, 0.2) is 0 Å². The number of rotatable bonds is 8. The van der Waals surface area contributed by atoms with Crippen LogP contribution in [-0.4, -0.2) is 33.4 Å². The average Bonchev–Trinajstić information content (AvgIpc) is 3.28. The molecule has 0 aliphatic rings. The Balaban J connectivity index is 1.59. The van der Waals surface area contributed by atoms with Crippen LogP contribution in [0.15, 0.2) is 89.8 Å². The summed E-state index contributed by atoms with van der Waals surface area (Å²) in [5.41, 5.74) is 1.30. The largest absolute Gasteiger partial charge is 0.465 e. The third-order valence-electron chi connectivity index (χ3n) is 5.12. The van der Waals surface area contributed by atoms with E-state index in [0.717, 1.165) is 15.6 Å². The molecule has 0 bridgehead atoms. The van der Waals surface area contributed by atoms with Crippen LogP contribution in [0, 0.1) is 0 Å². The number of thiophene rings is 1. The van der Waals surface area contributed by atoms with Gasteiger partial charge in [-0.1, -0.05) is 48.5 Å². The van der Waals surface area contributed by atoms with Crippen LogP contribution in [-0.2, 0) is 26.0 Å². The molecule has 34 heavy (non-hydrogen) atoms. The molecule has 1 aromatic heterocycles. The molecule has 0 radical (unpaired) electrons. The van der Waals surface area contributed by atoms with Gasteiger partial charge in [0.2, 0.25) is 15.9 Å². The van der Waals surface area contributed by atoms with Gasteiger partial charge in [-0.05, 0) is 53.8 Å². The Labute approximate surface area is 201 Å². The molecule has 0 saturated heterocycles. The number of amides is 1. The van der Waals surface area contributed by atoms with Crippen LogP contribution in [0.5, 0.6) is 0 Å². The Morgan fingerprint density at radius 1 is 0.941 bits per heavy atom. The van der Waals surface area contributed by atoms with Crippen LogP contribution < -0.4 is 10.0 Å². The number of carbonyl (C=O) groups is 2. The van der Waals surface area contributed by atoms with E-state index in [-0.39, 0.29) is 11.3 Å². The highest BCUT2D eigenvalue weighted by molar-refractivity contribution is 7.89. The highest BCUT2D eigenvalue weighted by Gasteiger charge is 2.26. The number of sulfonamides is 1. The van der Waals surface area contributed by atoms with Crippen LogP contribution in [0.4, 0.5) is 5.69 Å². The summed E-state index contributed by atoms with van der Waals surface area (Å²) in [4.78, 5) is 25.6. The van der Waals surface area contributed by atoms with Crippen molar-refractivity contribution < 1.29 is 22.7 Å². The third kappa shape index (κ3) is 5.51.